The Morgan fingerprint density at radius 3 is 2.67 bits per heavy atom. The number of rotatable bonds is 2. The van der Waals surface area contributed by atoms with Crippen LogP contribution in [-0.4, -0.2) is 9.55 Å². The van der Waals surface area contributed by atoms with Crippen LogP contribution in [0.5, 0.6) is 0 Å². The van der Waals surface area contributed by atoms with Gasteiger partial charge < -0.3 is 10.3 Å². The molecule has 0 radical (unpaired) electrons. The summed E-state index contributed by atoms with van der Waals surface area (Å²) in [4.78, 5) is 4.12. The van der Waals surface area contributed by atoms with Crippen molar-refractivity contribution >= 4 is 17.0 Å². The second-order valence-electron chi connectivity index (χ2n) is 6.36. The van der Waals surface area contributed by atoms with E-state index in [0.717, 1.165) is 25.3 Å². The van der Waals surface area contributed by atoms with E-state index in [9.17, 15) is 8.78 Å². The van der Waals surface area contributed by atoms with Crippen LogP contribution < -0.4 is 5.73 Å². The molecule has 0 bridgehead atoms. The third kappa shape index (κ3) is 2.39. The first-order valence-corrected chi connectivity index (χ1v) is 7.61. The summed E-state index contributed by atoms with van der Waals surface area (Å²) < 4.78 is 29.3. The fourth-order valence-corrected chi connectivity index (χ4v) is 3.73. The van der Waals surface area contributed by atoms with Crippen LogP contribution in [0.2, 0.25) is 0 Å². The van der Waals surface area contributed by atoms with Crippen LogP contribution in [0.15, 0.2) is 12.1 Å². The minimum Gasteiger partial charge on any atom is -0.369 e. The molecule has 2 aromatic rings. The van der Waals surface area contributed by atoms with E-state index in [4.69, 9.17) is 5.73 Å². The summed E-state index contributed by atoms with van der Waals surface area (Å²) in [6, 6.07) is 2.37. The van der Waals surface area contributed by atoms with Crippen molar-refractivity contribution in [3.8, 4) is 0 Å². The molecule has 1 aromatic heterocycles. The summed E-state index contributed by atoms with van der Waals surface area (Å²) in [6.45, 7) is 4.39. The predicted molar refractivity (Wildman–Crippen MR) is 79.9 cm³/mol. The molecule has 2 atom stereocenters. The van der Waals surface area contributed by atoms with E-state index in [-0.39, 0.29) is 17.5 Å². The minimum atomic E-state index is -0.646. The summed E-state index contributed by atoms with van der Waals surface area (Å²) >= 11 is 0. The van der Waals surface area contributed by atoms with Crippen LogP contribution >= 0.6 is 0 Å². The van der Waals surface area contributed by atoms with Gasteiger partial charge in [0.05, 0.1) is 5.52 Å². The van der Waals surface area contributed by atoms with Gasteiger partial charge in [0.2, 0.25) is 5.95 Å². The Kier molecular flexibility index (Phi) is 3.59. The van der Waals surface area contributed by atoms with Crippen molar-refractivity contribution in [2.75, 3.05) is 5.73 Å². The quantitative estimate of drug-likeness (QED) is 0.898. The molecule has 1 aliphatic carbocycles. The molecule has 1 aliphatic rings. The number of anilines is 1. The van der Waals surface area contributed by atoms with Crippen molar-refractivity contribution in [3.63, 3.8) is 0 Å². The first-order chi connectivity index (χ1) is 9.99. The fraction of sp³-hybridized carbons (Fsp3) is 0.562. The van der Waals surface area contributed by atoms with Gasteiger partial charge in [-0.05, 0) is 24.7 Å². The fourth-order valence-electron chi connectivity index (χ4n) is 3.73. The van der Waals surface area contributed by atoms with Gasteiger partial charge in [-0.15, -0.1) is 0 Å². The number of benzene rings is 1. The van der Waals surface area contributed by atoms with Crippen molar-refractivity contribution in [1.29, 1.82) is 0 Å². The number of halogens is 2. The molecule has 1 aromatic carbocycles. The Labute approximate surface area is 123 Å². The third-order valence-electron chi connectivity index (χ3n) is 4.71. The standard InChI is InChI=1S/C16H21F2N3/c1-9(2)11-5-3-4-6-13(11)21-14-8-10(17)7-12(18)15(14)20-16(21)19/h7-9,11,13H,3-6H2,1-2H3,(H2,19,20). The number of hydrogen-bond acceptors (Lipinski definition) is 2. The molecule has 0 aliphatic heterocycles. The summed E-state index contributed by atoms with van der Waals surface area (Å²) in [5.41, 5.74) is 6.67. The molecule has 1 heterocycles. The van der Waals surface area contributed by atoms with E-state index in [1.54, 1.807) is 0 Å². The van der Waals surface area contributed by atoms with Crippen LogP contribution in [0, 0.1) is 23.5 Å². The van der Waals surface area contributed by atoms with Gasteiger partial charge in [-0.25, -0.2) is 13.8 Å². The van der Waals surface area contributed by atoms with Crippen molar-refractivity contribution in [2.45, 2.75) is 45.6 Å². The molecule has 3 rings (SSSR count). The van der Waals surface area contributed by atoms with Crippen molar-refractivity contribution in [2.24, 2.45) is 11.8 Å². The van der Waals surface area contributed by atoms with Crippen LogP contribution in [0.3, 0.4) is 0 Å². The van der Waals surface area contributed by atoms with Crippen LogP contribution in [0.25, 0.3) is 11.0 Å². The summed E-state index contributed by atoms with van der Waals surface area (Å²) in [6.07, 6.45) is 4.43. The molecule has 21 heavy (non-hydrogen) atoms. The van der Waals surface area contributed by atoms with E-state index >= 15 is 0 Å². The highest BCUT2D eigenvalue weighted by atomic mass is 19.1. The van der Waals surface area contributed by atoms with Gasteiger partial charge in [0, 0.05) is 18.2 Å². The Bertz CT molecular complexity index is 663. The van der Waals surface area contributed by atoms with Gasteiger partial charge in [-0.1, -0.05) is 26.7 Å². The van der Waals surface area contributed by atoms with Crippen LogP contribution in [0.4, 0.5) is 14.7 Å². The maximum atomic E-state index is 13.9. The lowest BCUT2D eigenvalue weighted by Crippen LogP contribution is -2.27. The topological polar surface area (TPSA) is 43.8 Å². The number of nitrogens with two attached hydrogens (primary N) is 1. The second kappa shape index (κ2) is 5.28. The van der Waals surface area contributed by atoms with Gasteiger partial charge in [-0.2, -0.15) is 0 Å². The molecule has 2 unspecified atom stereocenters. The summed E-state index contributed by atoms with van der Waals surface area (Å²) in [5, 5.41) is 0. The normalized spacial score (nSPS) is 23.1. The van der Waals surface area contributed by atoms with E-state index in [1.165, 1.54) is 12.5 Å². The van der Waals surface area contributed by atoms with Crippen molar-refractivity contribution < 1.29 is 8.78 Å². The number of nitrogen functional groups attached to an aromatic ring is 1. The highest BCUT2D eigenvalue weighted by Gasteiger charge is 2.31. The number of imidazole rings is 1. The number of fused-ring (bicyclic) bond motifs is 1. The molecule has 3 nitrogen and oxygen atoms in total. The molecular weight excluding hydrogens is 272 g/mol. The van der Waals surface area contributed by atoms with Gasteiger partial charge in [0.1, 0.15) is 11.3 Å². The lowest BCUT2D eigenvalue weighted by molar-refractivity contribution is 0.189. The second-order valence-corrected chi connectivity index (χ2v) is 6.36. The van der Waals surface area contributed by atoms with E-state index in [2.05, 4.69) is 18.8 Å². The van der Waals surface area contributed by atoms with E-state index < -0.39 is 11.6 Å². The van der Waals surface area contributed by atoms with E-state index in [1.807, 2.05) is 4.57 Å². The Balaban J connectivity index is 2.16. The average molecular weight is 293 g/mol. The zero-order valence-electron chi connectivity index (χ0n) is 12.4. The lowest BCUT2D eigenvalue weighted by Gasteiger charge is -2.36. The number of nitrogens with zero attached hydrogens (tertiary/aromatic N) is 2. The third-order valence-corrected chi connectivity index (χ3v) is 4.71. The highest BCUT2D eigenvalue weighted by Crippen LogP contribution is 2.41. The first-order valence-electron chi connectivity index (χ1n) is 7.61. The first kappa shape index (κ1) is 14.3. The number of aromatic nitrogens is 2. The molecule has 2 N–H and O–H groups in total. The van der Waals surface area contributed by atoms with Gasteiger partial charge in [-0.3, -0.25) is 0 Å². The molecule has 1 saturated carbocycles. The molecular formula is C16H21F2N3. The average Bonchev–Trinajstić information content (AvgIpc) is 2.75. The van der Waals surface area contributed by atoms with Gasteiger partial charge in [0.25, 0.3) is 0 Å². The van der Waals surface area contributed by atoms with Gasteiger partial charge in [0.15, 0.2) is 5.82 Å². The van der Waals surface area contributed by atoms with Crippen molar-refractivity contribution in [1.82, 2.24) is 9.55 Å². The molecule has 1 fully saturated rings. The SMILES string of the molecule is CC(C)C1CCCCC1n1c(N)nc2c(F)cc(F)cc21. The lowest BCUT2D eigenvalue weighted by atomic mass is 9.77. The molecule has 5 heteroatoms. The smallest absolute Gasteiger partial charge is 0.201 e. The van der Waals surface area contributed by atoms with E-state index in [0.29, 0.717) is 17.4 Å². The maximum absolute atomic E-state index is 13.9. The zero-order chi connectivity index (χ0) is 15.1. The highest BCUT2D eigenvalue weighted by molar-refractivity contribution is 5.79. The Hall–Kier alpha value is -1.65. The molecule has 0 spiro atoms. The summed E-state index contributed by atoms with van der Waals surface area (Å²) in [5.74, 6) is 0.0211. The number of hydrogen-bond donors (Lipinski definition) is 1. The minimum absolute atomic E-state index is 0.168. The molecule has 0 amide bonds. The Morgan fingerprint density at radius 1 is 1.24 bits per heavy atom. The summed E-state index contributed by atoms with van der Waals surface area (Å²) in [7, 11) is 0. The Morgan fingerprint density at radius 2 is 1.95 bits per heavy atom. The van der Waals surface area contributed by atoms with Crippen molar-refractivity contribution in [3.05, 3.63) is 23.8 Å². The van der Waals surface area contributed by atoms with Crippen LogP contribution in [0.1, 0.15) is 45.6 Å². The van der Waals surface area contributed by atoms with Gasteiger partial charge >= 0.3 is 0 Å². The zero-order valence-corrected chi connectivity index (χ0v) is 12.4. The predicted octanol–water partition coefficient (Wildman–Crippen LogP) is 4.28. The monoisotopic (exact) mass is 293 g/mol. The molecule has 114 valence electrons. The largest absolute Gasteiger partial charge is 0.369 e. The molecule has 0 saturated heterocycles. The maximum Gasteiger partial charge on any atom is 0.201 e. The van der Waals surface area contributed by atoms with Crippen LogP contribution in [-0.2, 0) is 0 Å².